The summed E-state index contributed by atoms with van der Waals surface area (Å²) in [5, 5.41) is 6.51. The molecule has 3 N–H and O–H groups in total. The van der Waals surface area contributed by atoms with E-state index in [9.17, 15) is 9.18 Å². The van der Waals surface area contributed by atoms with Crippen molar-refractivity contribution in [2.75, 3.05) is 17.2 Å². The molecule has 4 heterocycles. The van der Waals surface area contributed by atoms with Gasteiger partial charge in [0.25, 0.3) is 5.91 Å². The van der Waals surface area contributed by atoms with E-state index in [0.717, 1.165) is 62.4 Å². The van der Waals surface area contributed by atoms with Crippen LogP contribution in [0.1, 0.15) is 35.1 Å². The van der Waals surface area contributed by atoms with E-state index in [1.54, 1.807) is 49.1 Å². The monoisotopic (exact) mass is 566 g/mol. The molecule has 0 spiro atoms. The number of pyridine rings is 2. The summed E-state index contributed by atoms with van der Waals surface area (Å²) in [6.07, 6.45) is 7.81. The van der Waals surface area contributed by atoms with Gasteiger partial charge in [0.2, 0.25) is 0 Å². The molecule has 210 valence electrons. The number of anilines is 2. The van der Waals surface area contributed by atoms with E-state index in [1.165, 1.54) is 17.7 Å². The second kappa shape index (κ2) is 11.0. The Morgan fingerprint density at radius 3 is 2.47 bits per heavy atom. The molecule has 1 aliphatic rings. The Bertz CT molecular complexity index is 2010. The van der Waals surface area contributed by atoms with Crippen molar-refractivity contribution in [3.8, 4) is 22.3 Å². The van der Waals surface area contributed by atoms with Gasteiger partial charge < -0.3 is 15.6 Å². The molecule has 0 atom stereocenters. The van der Waals surface area contributed by atoms with Gasteiger partial charge in [-0.2, -0.15) is 0 Å². The van der Waals surface area contributed by atoms with Gasteiger partial charge in [0, 0.05) is 52.5 Å². The lowest BCUT2D eigenvalue weighted by Gasteiger charge is -2.24. The quantitative estimate of drug-likeness (QED) is 0.192. The van der Waals surface area contributed by atoms with E-state index < -0.39 is 0 Å². The third-order valence-corrected chi connectivity index (χ3v) is 7.71. The SMILES string of the molecule is CCC1=C(c2nc3c(-c4ccc(F)cc4)cncc3[nH]2)c2cc(-c3cncc(NC(=O)c4ccccc4)c3)ccc2NC1. The summed E-state index contributed by atoms with van der Waals surface area (Å²) in [6.45, 7) is 2.85. The number of hydrogen-bond donors (Lipinski definition) is 3. The number of H-pyrrole nitrogens is 1. The molecule has 0 radical (unpaired) electrons. The highest BCUT2D eigenvalue weighted by Gasteiger charge is 2.23. The van der Waals surface area contributed by atoms with Crippen molar-refractivity contribution in [2.45, 2.75) is 13.3 Å². The van der Waals surface area contributed by atoms with Crippen LogP contribution in [-0.4, -0.2) is 32.4 Å². The number of halogens is 1. The molecule has 7 rings (SSSR count). The Hall–Kier alpha value is -5.63. The molecule has 0 unspecified atom stereocenters. The van der Waals surface area contributed by atoms with Gasteiger partial charge in [0.15, 0.2) is 0 Å². The molecule has 0 saturated carbocycles. The van der Waals surface area contributed by atoms with Crippen molar-refractivity contribution < 1.29 is 9.18 Å². The number of imidazole rings is 1. The Morgan fingerprint density at radius 2 is 1.65 bits per heavy atom. The van der Waals surface area contributed by atoms with Gasteiger partial charge in [-0.25, -0.2) is 9.37 Å². The molecule has 8 heteroatoms. The predicted octanol–water partition coefficient (Wildman–Crippen LogP) is 7.72. The van der Waals surface area contributed by atoms with Gasteiger partial charge in [0.1, 0.15) is 11.6 Å². The molecule has 0 aliphatic carbocycles. The Morgan fingerprint density at radius 1 is 0.860 bits per heavy atom. The van der Waals surface area contributed by atoms with Crippen LogP contribution in [0.15, 0.2) is 109 Å². The molecular weight excluding hydrogens is 539 g/mol. The first-order valence-corrected chi connectivity index (χ1v) is 14.1. The normalized spacial score (nSPS) is 12.6. The Labute approximate surface area is 247 Å². The van der Waals surface area contributed by atoms with Crippen molar-refractivity contribution in [3.05, 3.63) is 132 Å². The van der Waals surface area contributed by atoms with Gasteiger partial charge in [-0.05, 0) is 65.6 Å². The van der Waals surface area contributed by atoms with Crippen LogP contribution in [0.2, 0.25) is 0 Å². The third kappa shape index (κ3) is 5.04. The lowest BCUT2D eigenvalue weighted by molar-refractivity contribution is 0.102. The molecule has 3 aromatic carbocycles. The fourth-order valence-electron chi connectivity index (χ4n) is 5.51. The standard InChI is InChI=1S/C35H27FN6O/c1-2-21-17-39-30-13-10-24(25-14-27(18-37-16-25)40-35(43)23-6-4-3-5-7-23)15-28(30)32(21)34-41-31-20-38-19-29(33(31)42-34)22-8-11-26(36)12-9-22/h3-16,18-20,39H,2,17H2,1H3,(H,40,43)(H,41,42). The van der Waals surface area contributed by atoms with E-state index in [1.807, 2.05) is 24.3 Å². The average Bonchev–Trinajstić information content (AvgIpc) is 3.49. The average molecular weight is 567 g/mol. The van der Waals surface area contributed by atoms with Crippen LogP contribution >= 0.6 is 0 Å². The molecule has 0 bridgehead atoms. The zero-order valence-electron chi connectivity index (χ0n) is 23.4. The summed E-state index contributed by atoms with van der Waals surface area (Å²) < 4.78 is 13.6. The molecule has 43 heavy (non-hydrogen) atoms. The van der Waals surface area contributed by atoms with Crippen LogP contribution in [0.4, 0.5) is 15.8 Å². The van der Waals surface area contributed by atoms with Crippen LogP contribution in [0.3, 0.4) is 0 Å². The number of hydrogen-bond acceptors (Lipinski definition) is 5. The van der Waals surface area contributed by atoms with Crippen molar-refractivity contribution in [3.63, 3.8) is 0 Å². The molecular formula is C35H27FN6O. The highest BCUT2D eigenvalue weighted by atomic mass is 19.1. The number of fused-ring (bicyclic) bond motifs is 2. The first-order chi connectivity index (χ1) is 21.1. The lowest BCUT2D eigenvalue weighted by Crippen LogP contribution is -2.15. The number of carbonyl (C=O) groups excluding carboxylic acids is 1. The molecule has 0 fully saturated rings. The van der Waals surface area contributed by atoms with E-state index in [0.29, 0.717) is 17.8 Å². The van der Waals surface area contributed by atoms with E-state index >= 15 is 0 Å². The molecule has 6 aromatic rings. The zero-order valence-corrected chi connectivity index (χ0v) is 23.4. The minimum absolute atomic E-state index is 0.189. The van der Waals surface area contributed by atoms with Crippen molar-refractivity contribution in [2.24, 2.45) is 0 Å². The number of nitrogens with zero attached hydrogens (tertiary/aromatic N) is 3. The van der Waals surface area contributed by atoms with Crippen molar-refractivity contribution >= 4 is 33.9 Å². The van der Waals surface area contributed by atoms with E-state index in [-0.39, 0.29) is 11.7 Å². The summed E-state index contributed by atoms with van der Waals surface area (Å²) in [4.78, 5) is 30.2. The molecule has 0 saturated heterocycles. The maximum absolute atomic E-state index is 13.6. The highest BCUT2D eigenvalue weighted by molar-refractivity contribution is 6.04. The predicted molar refractivity (Wildman–Crippen MR) is 168 cm³/mol. The van der Waals surface area contributed by atoms with Crippen LogP contribution in [0, 0.1) is 5.82 Å². The second-order valence-corrected chi connectivity index (χ2v) is 10.4. The summed E-state index contributed by atoms with van der Waals surface area (Å²) in [5.41, 5.74) is 10.6. The van der Waals surface area contributed by atoms with Gasteiger partial charge in [-0.15, -0.1) is 0 Å². The minimum atomic E-state index is -0.286. The maximum atomic E-state index is 13.6. The Balaban J connectivity index is 1.28. The third-order valence-electron chi connectivity index (χ3n) is 7.71. The topological polar surface area (TPSA) is 95.6 Å². The first-order valence-electron chi connectivity index (χ1n) is 14.1. The number of carbonyl (C=O) groups is 1. The first kappa shape index (κ1) is 26.3. The number of benzene rings is 3. The van der Waals surface area contributed by atoms with Crippen LogP contribution in [-0.2, 0) is 0 Å². The number of aromatic nitrogens is 4. The highest BCUT2D eigenvalue weighted by Crippen LogP contribution is 2.39. The molecule has 3 aromatic heterocycles. The fraction of sp³-hybridized carbons (Fsp3) is 0.0857. The summed E-state index contributed by atoms with van der Waals surface area (Å²) in [7, 11) is 0. The van der Waals surface area contributed by atoms with Gasteiger partial charge in [0.05, 0.1) is 29.1 Å². The largest absolute Gasteiger partial charge is 0.381 e. The minimum Gasteiger partial charge on any atom is -0.381 e. The lowest BCUT2D eigenvalue weighted by atomic mass is 9.90. The van der Waals surface area contributed by atoms with Crippen LogP contribution in [0.25, 0.3) is 38.9 Å². The zero-order chi connectivity index (χ0) is 29.3. The number of amides is 1. The number of nitrogens with one attached hydrogen (secondary N) is 3. The van der Waals surface area contributed by atoms with Crippen molar-refractivity contribution in [1.82, 2.24) is 19.9 Å². The Kier molecular flexibility index (Phi) is 6.71. The van der Waals surface area contributed by atoms with Gasteiger partial charge in [-0.1, -0.05) is 43.3 Å². The second-order valence-electron chi connectivity index (χ2n) is 10.4. The van der Waals surface area contributed by atoms with E-state index in [2.05, 4.69) is 50.7 Å². The van der Waals surface area contributed by atoms with Crippen LogP contribution < -0.4 is 10.6 Å². The van der Waals surface area contributed by atoms with Crippen LogP contribution in [0.5, 0.6) is 0 Å². The van der Waals surface area contributed by atoms with Gasteiger partial charge >= 0.3 is 0 Å². The summed E-state index contributed by atoms with van der Waals surface area (Å²) in [6, 6.07) is 23.7. The van der Waals surface area contributed by atoms with Gasteiger partial charge in [-0.3, -0.25) is 14.8 Å². The van der Waals surface area contributed by atoms with E-state index in [4.69, 9.17) is 4.98 Å². The molecule has 1 aliphatic heterocycles. The number of aromatic amines is 1. The molecule has 1 amide bonds. The fourth-order valence-corrected chi connectivity index (χ4v) is 5.51. The summed E-state index contributed by atoms with van der Waals surface area (Å²) >= 11 is 0. The summed E-state index contributed by atoms with van der Waals surface area (Å²) in [5.74, 6) is 0.280. The van der Waals surface area contributed by atoms with Crippen molar-refractivity contribution in [1.29, 1.82) is 0 Å². The molecule has 7 nitrogen and oxygen atoms in total. The number of rotatable bonds is 6. The maximum Gasteiger partial charge on any atom is 0.255 e. The smallest absolute Gasteiger partial charge is 0.255 e.